The average molecular weight is 272 g/mol. The highest BCUT2D eigenvalue weighted by Crippen LogP contribution is 2.46. The van der Waals surface area contributed by atoms with Crippen LogP contribution in [0.3, 0.4) is 0 Å². The molecule has 1 saturated carbocycles. The van der Waals surface area contributed by atoms with E-state index in [1.807, 2.05) is 13.8 Å². The van der Waals surface area contributed by atoms with E-state index in [1.165, 1.54) is 0 Å². The van der Waals surface area contributed by atoms with E-state index in [2.05, 4.69) is 0 Å². The van der Waals surface area contributed by atoms with E-state index in [9.17, 15) is 19.8 Å². The molecule has 0 bridgehead atoms. The van der Waals surface area contributed by atoms with Gasteiger partial charge in [-0.1, -0.05) is 20.8 Å². The lowest BCUT2D eigenvalue weighted by Crippen LogP contribution is -2.46. The SMILES string of the molecule is CC(C)C1CCC(C)(C(=O)C(O)CO)CC1C(=O)O. The Labute approximate surface area is 113 Å². The van der Waals surface area contributed by atoms with Crippen LogP contribution in [0.4, 0.5) is 0 Å². The van der Waals surface area contributed by atoms with Gasteiger partial charge in [0.25, 0.3) is 0 Å². The lowest BCUT2D eigenvalue weighted by Gasteiger charge is -2.42. The Bertz CT molecular complexity index is 352. The molecule has 5 heteroatoms. The smallest absolute Gasteiger partial charge is 0.306 e. The van der Waals surface area contributed by atoms with E-state index in [0.29, 0.717) is 12.8 Å². The van der Waals surface area contributed by atoms with Gasteiger partial charge in [0.1, 0.15) is 6.10 Å². The van der Waals surface area contributed by atoms with Crippen LogP contribution in [0.5, 0.6) is 0 Å². The minimum atomic E-state index is -1.41. The van der Waals surface area contributed by atoms with Crippen molar-refractivity contribution in [2.24, 2.45) is 23.2 Å². The number of Topliss-reactive ketones (excluding diaryl/α,β-unsaturated/α-hetero) is 1. The second kappa shape index (κ2) is 6.01. The van der Waals surface area contributed by atoms with E-state index in [-0.39, 0.29) is 18.3 Å². The zero-order chi connectivity index (χ0) is 14.8. The number of carboxylic acids is 1. The standard InChI is InChI=1S/C14H24O5/c1-8(2)9-4-5-14(3,6-10(9)13(18)19)12(17)11(16)7-15/h8-11,15-16H,4-7H2,1-3H3,(H,18,19). The monoisotopic (exact) mass is 272 g/mol. The molecule has 5 nitrogen and oxygen atoms in total. The third-order valence-corrected chi connectivity index (χ3v) is 4.46. The van der Waals surface area contributed by atoms with Crippen LogP contribution in [0.15, 0.2) is 0 Å². The van der Waals surface area contributed by atoms with Gasteiger partial charge in [0.2, 0.25) is 0 Å². The highest BCUT2D eigenvalue weighted by Gasteiger charge is 2.47. The number of carbonyl (C=O) groups is 2. The normalized spacial score (nSPS) is 33.2. The molecule has 0 spiro atoms. The van der Waals surface area contributed by atoms with Crippen LogP contribution < -0.4 is 0 Å². The quantitative estimate of drug-likeness (QED) is 0.696. The predicted molar refractivity (Wildman–Crippen MR) is 69.5 cm³/mol. The summed E-state index contributed by atoms with van der Waals surface area (Å²) in [6, 6.07) is 0. The number of carboxylic acid groups (broad SMARTS) is 1. The maximum absolute atomic E-state index is 12.1. The molecule has 1 aliphatic carbocycles. The molecule has 0 heterocycles. The second-order valence-corrected chi connectivity index (χ2v) is 6.22. The Morgan fingerprint density at radius 1 is 1.37 bits per heavy atom. The van der Waals surface area contributed by atoms with Gasteiger partial charge in [-0.3, -0.25) is 9.59 Å². The molecule has 0 amide bonds. The summed E-state index contributed by atoms with van der Waals surface area (Å²) >= 11 is 0. The van der Waals surface area contributed by atoms with E-state index < -0.39 is 35.8 Å². The largest absolute Gasteiger partial charge is 0.481 e. The van der Waals surface area contributed by atoms with E-state index in [4.69, 9.17) is 5.11 Å². The summed E-state index contributed by atoms with van der Waals surface area (Å²) in [6.45, 7) is 5.07. The fraction of sp³-hybridized carbons (Fsp3) is 0.857. The topological polar surface area (TPSA) is 94.8 Å². The van der Waals surface area contributed by atoms with Crippen molar-refractivity contribution in [1.29, 1.82) is 0 Å². The van der Waals surface area contributed by atoms with Crippen molar-refractivity contribution in [3.05, 3.63) is 0 Å². The molecule has 1 fully saturated rings. The third-order valence-electron chi connectivity index (χ3n) is 4.46. The molecule has 0 aliphatic heterocycles. The van der Waals surface area contributed by atoms with E-state index in [1.54, 1.807) is 6.92 Å². The molecule has 0 aromatic heterocycles. The molecule has 0 saturated heterocycles. The lowest BCUT2D eigenvalue weighted by atomic mass is 9.61. The number of aliphatic hydroxyl groups is 2. The fourth-order valence-corrected chi connectivity index (χ4v) is 3.20. The Hall–Kier alpha value is -0.940. The summed E-state index contributed by atoms with van der Waals surface area (Å²) in [5.74, 6) is -1.57. The zero-order valence-electron chi connectivity index (χ0n) is 11.8. The summed E-state index contributed by atoms with van der Waals surface area (Å²) in [7, 11) is 0. The molecule has 1 aliphatic rings. The molecular formula is C14H24O5. The molecule has 4 unspecified atom stereocenters. The second-order valence-electron chi connectivity index (χ2n) is 6.22. The number of hydrogen-bond donors (Lipinski definition) is 3. The van der Waals surface area contributed by atoms with Gasteiger partial charge in [0.05, 0.1) is 12.5 Å². The van der Waals surface area contributed by atoms with Gasteiger partial charge in [-0.25, -0.2) is 0 Å². The molecule has 4 atom stereocenters. The first-order chi connectivity index (χ1) is 8.73. The van der Waals surface area contributed by atoms with Crippen molar-refractivity contribution in [1.82, 2.24) is 0 Å². The van der Waals surface area contributed by atoms with Crippen molar-refractivity contribution in [3.8, 4) is 0 Å². The first kappa shape index (κ1) is 16.1. The number of aliphatic hydroxyl groups excluding tert-OH is 2. The highest BCUT2D eigenvalue weighted by molar-refractivity contribution is 5.89. The number of ketones is 1. The van der Waals surface area contributed by atoms with E-state index in [0.717, 1.165) is 0 Å². The predicted octanol–water partition coefficient (Wildman–Crippen LogP) is 1.07. The third kappa shape index (κ3) is 3.34. The molecule has 3 N–H and O–H groups in total. The molecule has 0 aromatic carbocycles. The van der Waals surface area contributed by atoms with Gasteiger partial charge in [0, 0.05) is 5.41 Å². The molecule has 110 valence electrons. The van der Waals surface area contributed by atoms with Crippen LogP contribution in [-0.2, 0) is 9.59 Å². The summed E-state index contributed by atoms with van der Waals surface area (Å²) in [6.07, 6.45) is 0.0565. The molecule has 19 heavy (non-hydrogen) atoms. The van der Waals surface area contributed by atoms with Crippen molar-refractivity contribution in [2.45, 2.75) is 46.1 Å². The number of carbonyl (C=O) groups excluding carboxylic acids is 1. The molecule has 0 radical (unpaired) electrons. The van der Waals surface area contributed by atoms with Gasteiger partial charge in [-0.05, 0) is 31.1 Å². The Balaban J connectivity index is 2.92. The van der Waals surface area contributed by atoms with Crippen molar-refractivity contribution in [2.75, 3.05) is 6.61 Å². The van der Waals surface area contributed by atoms with Gasteiger partial charge in [-0.2, -0.15) is 0 Å². The first-order valence-corrected chi connectivity index (χ1v) is 6.79. The number of rotatable bonds is 5. The number of hydrogen-bond acceptors (Lipinski definition) is 4. The average Bonchev–Trinajstić information content (AvgIpc) is 2.36. The fourth-order valence-electron chi connectivity index (χ4n) is 3.20. The molecular weight excluding hydrogens is 248 g/mol. The molecule has 1 rings (SSSR count). The van der Waals surface area contributed by atoms with Gasteiger partial charge in [-0.15, -0.1) is 0 Å². The van der Waals surface area contributed by atoms with Crippen LogP contribution in [-0.4, -0.2) is 39.8 Å². The van der Waals surface area contributed by atoms with Crippen LogP contribution in [0.25, 0.3) is 0 Å². The van der Waals surface area contributed by atoms with Crippen molar-refractivity contribution in [3.63, 3.8) is 0 Å². The number of aliphatic carboxylic acids is 1. The summed E-state index contributed by atoms with van der Waals surface area (Å²) in [4.78, 5) is 23.5. The van der Waals surface area contributed by atoms with Crippen LogP contribution in [0.2, 0.25) is 0 Å². The summed E-state index contributed by atoms with van der Waals surface area (Å²) < 4.78 is 0. The van der Waals surface area contributed by atoms with Crippen molar-refractivity contribution < 1.29 is 24.9 Å². The maximum atomic E-state index is 12.1. The molecule has 0 aromatic rings. The van der Waals surface area contributed by atoms with Gasteiger partial charge < -0.3 is 15.3 Å². The van der Waals surface area contributed by atoms with Crippen LogP contribution in [0, 0.1) is 23.2 Å². The van der Waals surface area contributed by atoms with Gasteiger partial charge in [0.15, 0.2) is 5.78 Å². The maximum Gasteiger partial charge on any atom is 0.306 e. The zero-order valence-corrected chi connectivity index (χ0v) is 11.8. The lowest BCUT2D eigenvalue weighted by molar-refractivity contribution is -0.152. The Morgan fingerprint density at radius 2 is 1.95 bits per heavy atom. The van der Waals surface area contributed by atoms with Crippen molar-refractivity contribution >= 4 is 11.8 Å². The minimum Gasteiger partial charge on any atom is -0.481 e. The Kier molecular flexibility index (Phi) is 5.10. The van der Waals surface area contributed by atoms with Gasteiger partial charge >= 0.3 is 5.97 Å². The Morgan fingerprint density at radius 3 is 2.37 bits per heavy atom. The first-order valence-electron chi connectivity index (χ1n) is 6.79. The summed E-state index contributed by atoms with van der Waals surface area (Å²) in [5, 5.41) is 27.7. The van der Waals surface area contributed by atoms with Crippen LogP contribution in [0.1, 0.15) is 40.0 Å². The van der Waals surface area contributed by atoms with E-state index >= 15 is 0 Å². The summed E-state index contributed by atoms with van der Waals surface area (Å²) in [5.41, 5.74) is -0.851. The van der Waals surface area contributed by atoms with Crippen LogP contribution >= 0.6 is 0 Å². The minimum absolute atomic E-state index is 0.0599. The highest BCUT2D eigenvalue weighted by atomic mass is 16.4.